The van der Waals surface area contributed by atoms with Crippen LogP contribution in [0.15, 0.2) is 59.3 Å². The molecule has 0 spiro atoms. The smallest absolute Gasteiger partial charge is 0.340 e. The molecule has 6 nitrogen and oxygen atoms in total. The van der Waals surface area contributed by atoms with Crippen LogP contribution in [0.1, 0.15) is 37.8 Å². The number of fused-ring (bicyclic) bond motifs is 1. The Balaban J connectivity index is 1.77. The second-order valence-electron chi connectivity index (χ2n) is 7.51. The maximum Gasteiger partial charge on any atom is 0.340 e. The molecule has 0 aliphatic carbocycles. The number of rotatable bonds is 4. The van der Waals surface area contributed by atoms with Crippen molar-refractivity contribution in [1.82, 2.24) is 0 Å². The van der Waals surface area contributed by atoms with Gasteiger partial charge in [-0.05, 0) is 54.3 Å². The topological polar surface area (TPSA) is 65.1 Å². The molecule has 0 radical (unpaired) electrons. The summed E-state index contributed by atoms with van der Waals surface area (Å²) in [6.07, 6.45) is 1.68. The Kier molecular flexibility index (Phi) is 5.08. The Morgan fingerprint density at radius 3 is 2.47 bits per heavy atom. The normalized spacial score (nSPS) is 16.8. The molecule has 0 bridgehead atoms. The van der Waals surface area contributed by atoms with Crippen LogP contribution in [0.25, 0.3) is 6.08 Å². The van der Waals surface area contributed by atoms with Crippen molar-refractivity contribution in [3.05, 3.63) is 70.4 Å². The van der Waals surface area contributed by atoms with E-state index in [0.717, 1.165) is 5.56 Å². The van der Waals surface area contributed by atoms with Gasteiger partial charge in [-0.25, -0.2) is 4.79 Å². The van der Waals surface area contributed by atoms with Crippen LogP contribution >= 0.6 is 0 Å². The van der Waals surface area contributed by atoms with E-state index in [0.29, 0.717) is 28.8 Å². The quantitative estimate of drug-likeness (QED) is 0.557. The van der Waals surface area contributed by atoms with Crippen molar-refractivity contribution in [2.75, 3.05) is 18.8 Å². The SMILES string of the molecule is COC(=O)C1=C(C)N(c2ccc(C(C)C)cc2)C(=O)C1=Cc1ccc2c(c1)OCO2. The Morgan fingerprint density at radius 1 is 1.10 bits per heavy atom. The van der Waals surface area contributed by atoms with Crippen LogP contribution in [0.3, 0.4) is 0 Å². The number of amides is 1. The second kappa shape index (κ2) is 7.71. The third kappa shape index (κ3) is 3.34. The maximum atomic E-state index is 13.4. The average Bonchev–Trinajstić information content (AvgIpc) is 3.30. The van der Waals surface area contributed by atoms with Gasteiger partial charge in [0.25, 0.3) is 5.91 Å². The fourth-order valence-corrected chi connectivity index (χ4v) is 3.67. The number of ether oxygens (including phenoxy) is 3. The lowest BCUT2D eigenvalue weighted by atomic mass is 10.0. The molecule has 0 atom stereocenters. The highest BCUT2D eigenvalue weighted by atomic mass is 16.7. The summed E-state index contributed by atoms with van der Waals surface area (Å²) in [5.74, 6) is 0.826. The highest BCUT2D eigenvalue weighted by Gasteiger charge is 2.38. The number of nitrogens with zero attached hydrogens (tertiary/aromatic N) is 1. The van der Waals surface area contributed by atoms with Crippen molar-refractivity contribution in [3.8, 4) is 11.5 Å². The minimum Gasteiger partial charge on any atom is -0.465 e. The molecule has 2 aliphatic rings. The number of carbonyl (C=O) groups excluding carboxylic acids is 2. The predicted octanol–water partition coefficient (Wildman–Crippen LogP) is 4.42. The summed E-state index contributed by atoms with van der Waals surface area (Å²) >= 11 is 0. The molecule has 4 rings (SSSR count). The van der Waals surface area contributed by atoms with Gasteiger partial charge in [0.05, 0.1) is 18.3 Å². The Morgan fingerprint density at radius 2 is 1.80 bits per heavy atom. The maximum absolute atomic E-state index is 13.4. The van der Waals surface area contributed by atoms with E-state index >= 15 is 0 Å². The number of hydrogen-bond donors (Lipinski definition) is 0. The van der Waals surface area contributed by atoms with Gasteiger partial charge in [-0.3, -0.25) is 9.69 Å². The van der Waals surface area contributed by atoms with Crippen LogP contribution < -0.4 is 14.4 Å². The number of methoxy groups -OCH3 is 1. The second-order valence-corrected chi connectivity index (χ2v) is 7.51. The van der Waals surface area contributed by atoms with Crippen LogP contribution in [-0.2, 0) is 14.3 Å². The van der Waals surface area contributed by atoms with Crippen molar-refractivity contribution >= 4 is 23.6 Å². The van der Waals surface area contributed by atoms with Gasteiger partial charge in [-0.1, -0.05) is 32.0 Å². The van der Waals surface area contributed by atoms with Gasteiger partial charge in [-0.15, -0.1) is 0 Å². The van der Waals surface area contributed by atoms with E-state index < -0.39 is 5.97 Å². The number of allylic oxidation sites excluding steroid dienone is 1. The van der Waals surface area contributed by atoms with Gasteiger partial charge < -0.3 is 14.2 Å². The van der Waals surface area contributed by atoms with E-state index in [1.807, 2.05) is 30.3 Å². The Labute approximate surface area is 175 Å². The standard InChI is InChI=1S/C24H23NO5/c1-14(2)17-6-8-18(9-7-17)25-15(3)22(24(27)28-4)19(23(25)26)11-16-5-10-20-21(12-16)30-13-29-20/h5-12,14H,13H2,1-4H3. The van der Waals surface area contributed by atoms with Gasteiger partial charge in [-0.2, -0.15) is 0 Å². The van der Waals surface area contributed by atoms with Crippen LogP contribution in [-0.4, -0.2) is 25.8 Å². The molecular formula is C24H23NO5. The minimum absolute atomic E-state index is 0.168. The summed E-state index contributed by atoms with van der Waals surface area (Å²) in [5, 5.41) is 0. The summed E-state index contributed by atoms with van der Waals surface area (Å²) in [6.45, 7) is 6.15. The molecule has 2 aromatic carbocycles. The van der Waals surface area contributed by atoms with Crippen molar-refractivity contribution in [3.63, 3.8) is 0 Å². The first-order valence-electron chi connectivity index (χ1n) is 9.76. The molecule has 154 valence electrons. The van der Waals surface area contributed by atoms with E-state index in [-0.39, 0.29) is 23.8 Å². The number of anilines is 1. The molecule has 0 saturated heterocycles. The lowest BCUT2D eigenvalue weighted by Crippen LogP contribution is -2.24. The molecule has 30 heavy (non-hydrogen) atoms. The molecule has 0 unspecified atom stereocenters. The summed E-state index contributed by atoms with van der Waals surface area (Å²) in [5.41, 5.74) is 3.69. The zero-order chi connectivity index (χ0) is 21.4. The van der Waals surface area contributed by atoms with Crippen LogP contribution in [0.2, 0.25) is 0 Å². The molecule has 2 aromatic rings. The van der Waals surface area contributed by atoms with Gasteiger partial charge >= 0.3 is 5.97 Å². The zero-order valence-corrected chi connectivity index (χ0v) is 17.4. The van der Waals surface area contributed by atoms with Gasteiger partial charge in [0.2, 0.25) is 6.79 Å². The first-order valence-corrected chi connectivity index (χ1v) is 9.76. The lowest BCUT2D eigenvalue weighted by molar-refractivity contribution is -0.136. The highest BCUT2D eigenvalue weighted by molar-refractivity contribution is 6.23. The first-order chi connectivity index (χ1) is 14.4. The lowest BCUT2D eigenvalue weighted by Gasteiger charge is -2.19. The van der Waals surface area contributed by atoms with E-state index in [1.54, 1.807) is 30.0 Å². The minimum atomic E-state index is -0.547. The first kappa shape index (κ1) is 19.8. The summed E-state index contributed by atoms with van der Waals surface area (Å²) in [7, 11) is 1.31. The van der Waals surface area contributed by atoms with Crippen LogP contribution in [0, 0.1) is 0 Å². The summed E-state index contributed by atoms with van der Waals surface area (Å²) < 4.78 is 15.7. The van der Waals surface area contributed by atoms with Crippen molar-refractivity contribution < 1.29 is 23.8 Å². The average molecular weight is 405 g/mol. The van der Waals surface area contributed by atoms with Gasteiger partial charge in [0.15, 0.2) is 11.5 Å². The fourth-order valence-electron chi connectivity index (χ4n) is 3.67. The molecule has 0 saturated carbocycles. The molecule has 2 aliphatic heterocycles. The van der Waals surface area contributed by atoms with E-state index in [4.69, 9.17) is 14.2 Å². The number of carbonyl (C=O) groups is 2. The highest BCUT2D eigenvalue weighted by Crippen LogP contribution is 2.38. The van der Waals surface area contributed by atoms with Crippen molar-refractivity contribution in [2.45, 2.75) is 26.7 Å². The van der Waals surface area contributed by atoms with Crippen molar-refractivity contribution in [1.29, 1.82) is 0 Å². The molecule has 0 aromatic heterocycles. The van der Waals surface area contributed by atoms with E-state index in [1.165, 1.54) is 12.7 Å². The van der Waals surface area contributed by atoms with Crippen LogP contribution in [0.4, 0.5) is 5.69 Å². The fraction of sp³-hybridized carbons (Fsp3) is 0.250. The van der Waals surface area contributed by atoms with E-state index in [9.17, 15) is 9.59 Å². The number of hydrogen-bond acceptors (Lipinski definition) is 5. The monoisotopic (exact) mass is 405 g/mol. The van der Waals surface area contributed by atoms with Gasteiger partial charge in [0.1, 0.15) is 0 Å². The summed E-state index contributed by atoms with van der Waals surface area (Å²) in [6, 6.07) is 13.2. The zero-order valence-electron chi connectivity index (χ0n) is 17.4. The molecule has 1 amide bonds. The number of benzene rings is 2. The van der Waals surface area contributed by atoms with E-state index in [2.05, 4.69) is 13.8 Å². The number of esters is 1. The molecular weight excluding hydrogens is 382 g/mol. The van der Waals surface area contributed by atoms with Crippen LogP contribution in [0.5, 0.6) is 11.5 Å². The Hall–Kier alpha value is -3.54. The predicted molar refractivity (Wildman–Crippen MR) is 113 cm³/mol. The molecule has 0 fully saturated rings. The van der Waals surface area contributed by atoms with Crippen molar-refractivity contribution in [2.24, 2.45) is 0 Å². The molecule has 6 heteroatoms. The third-order valence-electron chi connectivity index (χ3n) is 5.32. The largest absolute Gasteiger partial charge is 0.465 e. The molecule has 0 N–H and O–H groups in total. The molecule has 2 heterocycles. The third-order valence-corrected chi connectivity index (χ3v) is 5.32. The Bertz CT molecular complexity index is 1080. The summed E-state index contributed by atoms with van der Waals surface area (Å²) in [4.78, 5) is 27.4. The van der Waals surface area contributed by atoms with Gasteiger partial charge in [0, 0.05) is 11.4 Å².